The Hall–Kier alpha value is -0.780. The van der Waals surface area contributed by atoms with Crippen LogP contribution in [0.3, 0.4) is 0 Å². The fraction of sp³-hybridized carbons (Fsp3) is 0.667. The topological polar surface area (TPSA) is 0 Å². The Labute approximate surface area is 115 Å². The summed E-state index contributed by atoms with van der Waals surface area (Å²) in [6.45, 7) is 5.92. The van der Waals surface area contributed by atoms with Crippen molar-refractivity contribution >= 4 is 0 Å². The van der Waals surface area contributed by atoms with Gasteiger partial charge in [0.25, 0.3) is 0 Å². The van der Waals surface area contributed by atoms with Crippen LogP contribution in [0, 0.1) is 0 Å². The molecule has 0 radical (unpaired) electrons. The Morgan fingerprint density at radius 3 is 1.78 bits per heavy atom. The summed E-state index contributed by atoms with van der Waals surface area (Å²) in [5.41, 5.74) is 0. The smallest absolute Gasteiger partial charge is 0.0348 e. The predicted molar refractivity (Wildman–Crippen MR) is 84.9 cm³/mol. The van der Waals surface area contributed by atoms with Gasteiger partial charge in [-0.25, -0.2) is 0 Å². The highest BCUT2D eigenvalue weighted by molar-refractivity contribution is 5.08. The quantitative estimate of drug-likeness (QED) is 0.254. The SMILES string of the molecule is C=C/C=C/C=C\CCCCCCCCCCCC. The number of unbranched alkanes of at least 4 members (excludes halogenated alkanes) is 10. The first kappa shape index (κ1) is 17.2. The second-order valence-electron chi connectivity index (χ2n) is 5.02. The zero-order valence-corrected chi connectivity index (χ0v) is 12.4. The molecule has 0 aromatic rings. The number of hydrogen-bond acceptors (Lipinski definition) is 0. The molecule has 0 bridgehead atoms. The highest BCUT2D eigenvalue weighted by atomic mass is 14.0. The lowest BCUT2D eigenvalue weighted by Gasteiger charge is -2.01. The average molecular weight is 248 g/mol. The average Bonchev–Trinajstić information content (AvgIpc) is 2.39. The van der Waals surface area contributed by atoms with Crippen molar-refractivity contribution in [3.05, 3.63) is 37.0 Å². The van der Waals surface area contributed by atoms with Gasteiger partial charge in [-0.2, -0.15) is 0 Å². The highest BCUT2D eigenvalue weighted by Crippen LogP contribution is 2.11. The minimum absolute atomic E-state index is 1.22. The molecule has 104 valence electrons. The van der Waals surface area contributed by atoms with Crippen LogP contribution in [-0.2, 0) is 0 Å². The van der Waals surface area contributed by atoms with Crippen molar-refractivity contribution in [3.63, 3.8) is 0 Å². The van der Waals surface area contributed by atoms with Crippen LogP contribution in [0.1, 0.15) is 77.6 Å². The van der Waals surface area contributed by atoms with Gasteiger partial charge < -0.3 is 0 Å². The first-order chi connectivity index (χ1) is 8.91. The van der Waals surface area contributed by atoms with Crippen LogP contribution in [-0.4, -0.2) is 0 Å². The van der Waals surface area contributed by atoms with E-state index in [1.165, 1.54) is 70.6 Å². The van der Waals surface area contributed by atoms with E-state index in [-0.39, 0.29) is 0 Å². The fourth-order valence-corrected chi connectivity index (χ4v) is 2.07. The van der Waals surface area contributed by atoms with Crippen molar-refractivity contribution in [2.75, 3.05) is 0 Å². The molecular formula is C18H32. The summed E-state index contributed by atoms with van der Waals surface area (Å²) in [4.78, 5) is 0. The maximum Gasteiger partial charge on any atom is -0.0348 e. The standard InChI is InChI=1S/C18H32/c1-3-5-7-9-11-13-15-17-18-16-14-12-10-8-6-4-2/h3,5,7,9,11H,1,4,6,8,10,12-18H2,2H3/b7-5+,11-9-. The number of allylic oxidation sites excluding steroid dienone is 5. The van der Waals surface area contributed by atoms with E-state index in [2.05, 4.69) is 25.7 Å². The summed E-state index contributed by atoms with van der Waals surface area (Å²) in [5.74, 6) is 0. The highest BCUT2D eigenvalue weighted by Gasteiger charge is 1.91. The second kappa shape index (κ2) is 16.2. The van der Waals surface area contributed by atoms with Crippen molar-refractivity contribution in [1.29, 1.82) is 0 Å². The van der Waals surface area contributed by atoms with Gasteiger partial charge in [-0.1, -0.05) is 102 Å². The maximum atomic E-state index is 3.64. The molecule has 0 aliphatic rings. The van der Waals surface area contributed by atoms with Gasteiger partial charge in [0.15, 0.2) is 0 Å². The molecule has 0 heteroatoms. The number of hydrogen-bond donors (Lipinski definition) is 0. The molecule has 0 nitrogen and oxygen atoms in total. The molecule has 0 amide bonds. The third-order valence-electron chi connectivity index (χ3n) is 3.22. The first-order valence-electron chi connectivity index (χ1n) is 7.86. The van der Waals surface area contributed by atoms with Gasteiger partial charge in [0.1, 0.15) is 0 Å². The van der Waals surface area contributed by atoms with Gasteiger partial charge >= 0.3 is 0 Å². The van der Waals surface area contributed by atoms with Crippen molar-refractivity contribution < 1.29 is 0 Å². The summed E-state index contributed by atoms with van der Waals surface area (Å²) < 4.78 is 0. The first-order valence-corrected chi connectivity index (χ1v) is 7.86. The van der Waals surface area contributed by atoms with Crippen LogP contribution >= 0.6 is 0 Å². The molecule has 0 saturated carbocycles. The minimum Gasteiger partial charge on any atom is -0.0991 e. The van der Waals surface area contributed by atoms with Gasteiger partial charge in [-0.15, -0.1) is 0 Å². The summed E-state index contributed by atoms with van der Waals surface area (Å²) in [6.07, 6.45) is 25.6. The fourth-order valence-electron chi connectivity index (χ4n) is 2.07. The summed E-state index contributed by atoms with van der Waals surface area (Å²) >= 11 is 0. The van der Waals surface area contributed by atoms with Crippen molar-refractivity contribution in [2.24, 2.45) is 0 Å². The molecule has 0 spiro atoms. The monoisotopic (exact) mass is 248 g/mol. The van der Waals surface area contributed by atoms with Crippen molar-refractivity contribution in [2.45, 2.75) is 77.6 Å². The van der Waals surface area contributed by atoms with E-state index in [1.54, 1.807) is 0 Å². The molecule has 0 aromatic heterocycles. The van der Waals surface area contributed by atoms with E-state index >= 15 is 0 Å². The predicted octanol–water partition coefficient (Wildman–Crippen LogP) is 6.60. The maximum absolute atomic E-state index is 3.64. The third kappa shape index (κ3) is 15.2. The Balaban J connectivity index is 3.05. The molecule has 0 aromatic carbocycles. The molecule has 0 fully saturated rings. The van der Waals surface area contributed by atoms with E-state index in [1.807, 2.05) is 18.2 Å². The van der Waals surface area contributed by atoms with E-state index < -0.39 is 0 Å². The Morgan fingerprint density at radius 1 is 0.667 bits per heavy atom. The molecule has 0 heterocycles. The van der Waals surface area contributed by atoms with Gasteiger partial charge in [0.05, 0.1) is 0 Å². The second-order valence-corrected chi connectivity index (χ2v) is 5.02. The van der Waals surface area contributed by atoms with Gasteiger partial charge in [-0.3, -0.25) is 0 Å². The van der Waals surface area contributed by atoms with Gasteiger partial charge in [0.2, 0.25) is 0 Å². The van der Waals surface area contributed by atoms with Crippen LogP contribution in [0.15, 0.2) is 37.0 Å². The zero-order valence-electron chi connectivity index (χ0n) is 12.4. The molecule has 0 unspecified atom stereocenters. The minimum atomic E-state index is 1.22. The lowest BCUT2D eigenvalue weighted by Crippen LogP contribution is -1.81. The molecule has 18 heavy (non-hydrogen) atoms. The molecule has 0 saturated heterocycles. The molecule has 0 aliphatic carbocycles. The van der Waals surface area contributed by atoms with E-state index in [0.717, 1.165) is 0 Å². The summed E-state index contributed by atoms with van der Waals surface area (Å²) in [6, 6.07) is 0. The lowest BCUT2D eigenvalue weighted by molar-refractivity contribution is 0.557. The van der Waals surface area contributed by atoms with Crippen LogP contribution in [0.25, 0.3) is 0 Å². The Morgan fingerprint density at radius 2 is 1.22 bits per heavy atom. The Kier molecular flexibility index (Phi) is 15.5. The van der Waals surface area contributed by atoms with Crippen molar-refractivity contribution in [3.8, 4) is 0 Å². The van der Waals surface area contributed by atoms with Crippen LogP contribution in [0.4, 0.5) is 0 Å². The largest absolute Gasteiger partial charge is 0.0991 e. The Bertz CT molecular complexity index is 210. The molecule has 0 aliphatic heterocycles. The third-order valence-corrected chi connectivity index (χ3v) is 3.22. The van der Waals surface area contributed by atoms with E-state index in [0.29, 0.717) is 0 Å². The van der Waals surface area contributed by atoms with Crippen LogP contribution in [0.2, 0.25) is 0 Å². The molecule has 0 rings (SSSR count). The number of rotatable bonds is 13. The normalized spacial score (nSPS) is 11.6. The molecule has 0 N–H and O–H groups in total. The van der Waals surface area contributed by atoms with Crippen molar-refractivity contribution in [1.82, 2.24) is 0 Å². The summed E-state index contributed by atoms with van der Waals surface area (Å²) in [5, 5.41) is 0. The molecule has 0 atom stereocenters. The zero-order chi connectivity index (χ0) is 13.3. The van der Waals surface area contributed by atoms with E-state index in [9.17, 15) is 0 Å². The van der Waals surface area contributed by atoms with Gasteiger partial charge in [-0.05, 0) is 12.8 Å². The van der Waals surface area contributed by atoms with Gasteiger partial charge in [0, 0.05) is 0 Å². The molecular weight excluding hydrogens is 216 g/mol. The van der Waals surface area contributed by atoms with Crippen LogP contribution in [0.5, 0.6) is 0 Å². The van der Waals surface area contributed by atoms with Crippen LogP contribution < -0.4 is 0 Å². The van der Waals surface area contributed by atoms with E-state index in [4.69, 9.17) is 0 Å². The lowest BCUT2D eigenvalue weighted by atomic mass is 10.1. The summed E-state index contributed by atoms with van der Waals surface area (Å²) in [7, 11) is 0.